The summed E-state index contributed by atoms with van der Waals surface area (Å²) < 4.78 is 4.78. The van der Waals surface area contributed by atoms with E-state index in [4.69, 9.17) is 10.5 Å². The smallest absolute Gasteiger partial charge is 0.257 e. The van der Waals surface area contributed by atoms with Crippen molar-refractivity contribution in [3.63, 3.8) is 0 Å². The Morgan fingerprint density at radius 2 is 2.06 bits per heavy atom. The average Bonchev–Trinajstić information content (AvgIpc) is 2.28. The summed E-state index contributed by atoms with van der Waals surface area (Å²) >= 11 is 0. The highest BCUT2D eigenvalue weighted by molar-refractivity contribution is 5.86. The second-order valence-corrected chi connectivity index (χ2v) is 4.24. The number of hydrogen-bond acceptors (Lipinski definition) is 5. The first-order chi connectivity index (χ1) is 8.47. The fourth-order valence-electron chi connectivity index (χ4n) is 1.25. The van der Waals surface area contributed by atoms with Crippen molar-refractivity contribution >= 4 is 11.8 Å². The van der Waals surface area contributed by atoms with Crippen LogP contribution in [0.25, 0.3) is 0 Å². The van der Waals surface area contributed by atoms with Crippen LogP contribution < -0.4 is 16.4 Å². The molecule has 0 saturated carbocycles. The molecule has 7 nitrogen and oxygen atoms in total. The Morgan fingerprint density at radius 3 is 2.61 bits per heavy atom. The summed E-state index contributed by atoms with van der Waals surface area (Å²) in [6.07, 6.45) is 0.0855. The summed E-state index contributed by atoms with van der Waals surface area (Å²) in [5, 5.41) is 5.00. The molecule has 0 rings (SSSR count). The summed E-state index contributed by atoms with van der Waals surface area (Å²) in [5.74, 6) is -0.626. The average molecular weight is 260 g/mol. The first-order valence-electron chi connectivity index (χ1n) is 5.93. The molecule has 4 N–H and O–H groups in total. The van der Waals surface area contributed by atoms with Crippen LogP contribution in [0.15, 0.2) is 0 Å². The van der Waals surface area contributed by atoms with Gasteiger partial charge in [-0.2, -0.15) is 0 Å². The molecule has 0 bridgehead atoms. The van der Waals surface area contributed by atoms with Gasteiger partial charge in [0, 0.05) is 20.1 Å². The van der Waals surface area contributed by atoms with Crippen molar-refractivity contribution < 1.29 is 14.3 Å². The van der Waals surface area contributed by atoms with Crippen molar-refractivity contribution in [2.75, 3.05) is 40.9 Å². The minimum atomic E-state index is -1.01. The molecule has 0 aromatic rings. The standard InChI is InChI=1S/C11H24N4O3/c1-15(2)7-4-5-9(16)14-10(12)11(17)13-6-8-18-3/h10H,4-8,12H2,1-3H3,(H,13,17)(H,14,16). The molecule has 0 saturated heterocycles. The minimum Gasteiger partial charge on any atom is -0.383 e. The monoisotopic (exact) mass is 260 g/mol. The number of nitrogens with two attached hydrogens (primary N) is 1. The third-order valence-corrected chi connectivity index (χ3v) is 2.21. The number of nitrogens with one attached hydrogen (secondary N) is 2. The number of methoxy groups -OCH3 is 1. The molecule has 0 aromatic heterocycles. The van der Waals surface area contributed by atoms with Gasteiger partial charge in [-0.25, -0.2) is 0 Å². The van der Waals surface area contributed by atoms with Gasteiger partial charge in [-0.05, 0) is 27.1 Å². The van der Waals surface area contributed by atoms with E-state index in [1.54, 1.807) is 7.11 Å². The maximum absolute atomic E-state index is 11.5. The molecule has 0 aromatic carbocycles. The highest BCUT2D eigenvalue weighted by Gasteiger charge is 2.15. The Labute approximate surface area is 108 Å². The van der Waals surface area contributed by atoms with Gasteiger partial charge in [0.1, 0.15) is 0 Å². The van der Waals surface area contributed by atoms with Gasteiger partial charge in [0.25, 0.3) is 5.91 Å². The fraction of sp³-hybridized carbons (Fsp3) is 0.818. The van der Waals surface area contributed by atoms with Crippen LogP contribution in [-0.4, -0.2) is 63.8 Å². The van der Waals surface area contributed by atoms with Gasteiger partial charge < -0.3 is 26.0 Å². The number of ether oxygens (including phenoxy) is 1. The van der Waals surface area contributed by atoms with Gasteiger partial charge in [-0.1, -0.05) is 0 Å². The maximum Gasteiger partial charge on any atom is 0.257 e. The van der Waals surface area contributed by atoms with Crippen LogP contribution in [0.4, 0.5) is 0 Å². The molecule has 1 atom stereocenters. The van der Waals surface area contributed by atoms with Crippen molar-refractivity contribution in [3.8, 4) is 0 Å². The van der Waals surface area contributed by atoms with Crippen LogP contribution in [0, 0.1) is 0 Å². The molecule has 0 aliphatic rings. The highest BCUT2D eigenvalue weighted by Crippen LogP contribution is 1.91. The van der Waals surface area contributed by atoms with Crippen LogP contribution >= 0.6 is 0 Å². The van der Waals surface area contributed by atoms with Gasteiger partial charge in [0.15, 0.2) is 6.17 Å². The van der Waals surface area contributed by atoms with E-state index in [0.717, 1.165) is 13.0 Å². The molecular formula is C11H24N4O3. The lowest BCUT2D eigenvalue weighted by Crippen LogP contribution is -2.52. The number of rotatable bonds is 9. The third-order valence-electron chi connectivity index (χ3n) is 2.21. The van der Waals surface area contributed by atoms with Crippen molar-refractivity contribution in [3.05, 3.63) is 0 Å². The normalized spacial score (nSPS) is 12.3. The highest BCUT2D eigenvalue weighted by atomic mass is 16.5. The van der Waals surface area contributed by atoms with E-state index in [1.165, 1.54) is 0 Å². The quantitative estimate of drug-likeness (QED) is 0.346. The Hall–Kier alpha value is -1.18. The van der Waals surface area contributed by atoms with Crippen LogP contribution in [0.3, 0.4) is 0 Å². The zero-order valence-corrected chi connectivity index (χ0v) is 11.4. The second-order valence-electron chi connectivity index (χ2n) is 4.24. The van der Waals surface area contributed by atoms with E-state index in [-0.39, 0.29) is 5.91 Å². The molecule has 106 valence electrons. The number of nitrogens with zero attached hydrogens (tertiary/aromatic N) is 1. The second kappa shape index (κ2) is 9.81. The van der Waals surface area contributed by atoms with Gasteiger partial charge in [-0.15, -0.1) is 0 Å². The predicted octanol–water partition coefficient (Wildman–Crippen LogP) is -1.51. The SMILES string of the molecule is COCCNC(=O)C(N)NC(=O)CCCN(C)C. The molecule has 0 aliphatic heterocycles. The molecular weight excluding hydrogens is 236 g/mol. The van der Waals surface area contributed by atoms with Crippen molar-refractivity contribution in [1.82, 2.24) is 15.5 Å². The van der Waals surface area contributed by atoms with Gasteiger partial charge in [0.2, 0.25) is 5.91 Å². The van der Waals surface area contributed by atoms with Crippen LogP contribution in [0.2, 0.25) is 0 Å². The van der Waals surface area contributed by atoms with E-state index < -0.39 is 12.1 Å². The molecule has 1 unspecified atom stereocenters. The molecule has 18 heavy (non-hydrogen) atoms. The topological polar surface area (TPSA) is 96.7 Å². The van der Waals surface area contributed by atoms with E-state index in [1.807, 2.05) is 19.0 Å². The summed E-state index contributed by atoms with van der Waals surface area (Å²) in [6.45, 7) is 1.61. The van der Waals surface area contributed by atoms with Crippen LogP contribution in [-0.2, 0) is 14.3 Å². The summed E-state index contributed by atoms with van der Waals surface area (Å²) in [6, 6.07) is 0. The molecule has 7 heteroatoms. The van der Waals surface area contributed by atoms with Crippen LogP contribution in [0.1, 0.15) is 12.8 Å². The lowest BCUT2D eigenvalue weighted by Gasteiger charge is -2.14. The van der Waals surface area contributed by atoms with Crippen molar-refractivity contribution in [2.45, 2.75) is 19.0 Å². The number of carbonyl (C=O) groups is 2. The van der Waals surface area contributed by atoms with Crippen LogP contribution in [0.5, 0.6) is 0 Å². The van der Waals surface area contributed by atoms with E-state index in [2.05, 4.69) is 10.6 Å². The van der Waals surface area contributed by atoms with E-state index in [0.29, 0.717) is 19.6 Å². The number of amides is 2. The van der Waals surface area contributed by atoms with Gasteiger partial charge >= 0.3 is 0 Å². The summed E-state index contributed by atoms with van der Waals surface area (Å²) in [4.78, 5) is 24.9. The zero-order valence-electron chi connectivity index (χ0n) is 11.4. The van der Waals surface area contributed by atoms with Gasteiger partial charge in [-0.3, -0.25) is 9.59 Å². The maximum atomic E-state index is 11.5. The first-order valence-corrected chi connectivity index (χ1v) is 5.93. The van der Waals surface area contributed by atoms with Crippen molar-refractivity contribution in [1.29, 1.82) is 0 Å². The fourth-order valence-corrected chi connectivity index (χ4v) is 1.25. The predicted molar refractivity (Wildman–Crippen MR) is 68.8 cm³/mol. The number of carbonyl (C=O) groups excluding carboxylic acids is 2. The van der Waals surface area contributed by atoms with E-state index >= 15 is 0 Å². The summed E-state index contributed by atoms with van der Waals surface area (Å²) in [7, 11) is 5.42. The zero-order chi connectivity index (χ0) is 14.0. The van der Waals surface area contributed by atoms with Crippen molar-refractivity contribution in [2.24, 2.45) is 5.73 Å². The summed E-state index contributed by atoms with van der Waals surface area (Å²) in [5.41, 5.74) is 5.54. The Balaban J connectivity index is 3.74. The molecule has 0 radical (unpaired) electrons. The first kappa shape index (κ1) is 16.8. The van der Waals surface area contributed by atoms with Gasteiger partial charge in [0.05, 0.1) is 6.61 Å². The Kier molecular flexibility index (Phi) is 9.17. The minimum absolute atomic E-state index is 0.216. The number of hydrogen-bond donors (Lipinski definition) is 3. The molecule has 0 spiro atoms. The molecule has 2 amide bonds. The Bertz CT molecular complexity index is 259. The molecule has 0 heterocycles. The van der Waals surface area contributed by atoms with E-state index in [9.17, 15) is 9.59 Å². The Morgan fingerprint density at radius 1 is 1.39 bits per heavy atom. The molecule has 0 fully saturated rings. The lowest BCUT2D eigenvalue weighted by atomic mass is 10.3. The largest absolute Gasteiger partial charge is 0.383 e. The lowest BCUT2D eigenvalue weighted by molar-refractivity contribution is -0.129. The third kappa shape index (κ3) is 8.91. The molecule has 0 aliphatic carbocycles.